The molecule has 0 bridgehead atoms. The fraction of sp³-hybridized carbons (Fsp3) is 0.550. The minimum Gasteiger partial charge on any atom is -0.482 e. The van der Waals surface area contributed by atoms with E-state index in [2.05, 4.69) is 4.90 Å². The number of carbonyl (C=O) groups excluding carboxylic acids is 3. The molecule has 0 unspecified atom stereocenters. The van der Waals surface area contributed by atoms with Gasteiger partial charge in [-0.05, 0) is 25.1 Å². The molecule has 2 heterocycles. The molecule has 0 saturated carbocycles. The van der Waals surface area contributed by atoms with Crippen molar-refractivity contribution in [3.63, 3.8) is 0 Å². The normalized spacial score (nSPS) is 17.0. The summed E-state index contributed by atoms with van der Waals surface area (Å²) in [6, 6.07) is 5.06. The number of hydrogen-bond acceptors (Lipinski definition) is 7. The Morgan fingerprint density at radius 1 is 1.14 bits per heavy atom. The SMILES string of the molecule is CCOC(=O)CCC(=O)c1ccc2c(c1)N(CCN1CCOCC1)C(=O)CO2. The van der Waals surface area contributed by atoms with Crippen LogP contribution < -0.4 is 9.64 Å². The fourth-order valence-electron chi connectivity index (χ4n) is 3.28. The fourth-order valence-corrected chi connectivity index (χ4v) is 3.28. The van der Waals surface area contributed by atoms with Crippen molar-refractivity contribution in [1.82, 2.24) is 4.90 Å². The highest BCUT2D eigenvalue weighted by molar-refractivity contribution is 6.02. The van der Waals surface area contributed by atoms with Crippen molar-refractivity contribution < 1.29 is 28.6 Å². The standard InChI is InChI=1S/C20H26N2O6/c1-2-27-20(25)6-4-17(23)15-3-5-18-16(13-15)22(19(24)14-28-18)8-7-21-9-11-26-12-10-21/h3,5,13H,2,4,6-12,14H2,1H3. The molecule has 1 saturated heterocycles. The Morgan fingerprint density at radius 2 is 1.93 bits per heavy atom. The molecule has 1 aromatic rings. The second-order valence-corrected chi connectivity index (χ2v) is 6.70. The number of nitrogens with zero attached hydrogens (tertiary/aromatic N) is 2. The topological polar surface area (TPSA) is 85.4 Å². The first-order valence-corrected chi connectivity index (χ1v) is 9.64. The second-order valence-electron chi connectivity index (χ2n) is 6.70. The van der Waals surface area contributed by atoms with Gasteiger partial charge in [0.1, 0.15) is 5.75 Å². The zero-order valence-electron chi connectivity index (χ0n) is 16.1. The number of esters is 1. The minimum absolute atomic E-state index is 0.00768. The third kappa shape index (κ3) is 5.08. The number of amides is 1. The molecule has 0 aliphatic carbocycles. The van der Waals surface area contributed by atoms with Gasteiger partial charge in [0, 0.05) is 38.2 Å². The summed E-state index contributed by atoms with van der Waals surface area (Å²) in [5, 5.41) is 0. The molecule has 1 amide bonds. The first-order chi connectivity index (χ1) is 13.6. The maximum Gasteiger partial charge on any atom is 0.306 e. The van der Waals surface area contributed by atoms with Gasteiger partial charge in [0.2, 0.25) is 0 Å². The molecular formula is C20H26N2O6. The van der Waals surface area contributed by atoms with E-state index in [1.165, 1.54) is 0 Å². The maximum atomic E-state index is 12.5. The number of Topliss-reactive ketones (excluding diaryl/α,β-unsaturated/α-hetero) is 1. The van der Waals surface area contributed by atoms with E-state index < -0.39 is 0 Å². The van der Waals surface area contributed by atoms with Gasteiger partial charge in [-0.2, -0.15) is 0 Å². The summed E-state index contributed by atoms with van der Waals surface area (Å²) in [7, 11) is 0. The molecular weight excluding hydrogens is 364 g/mol. The number of hydrogen-bond donors (Lipinski definition) is 0. The van der Waals surface area contributed by atoms with Gasteiger partial charge in [-0.1, -0.05) is 0 Å². The van der Waals surface area contributed by atoms with Crippen LogP contribution in [0.4, 0.5) is 5.69 Å². The van der Waals surface area contributed by atoms with Crippen molar-refractivity contribution in [2.45, 2.75) is 19.8 Å². The van der Waals surface area contributed by atoms with Crippen LogP contribution in [-0.4, -0.2) is 75.2 Å². The Bertz CT molecular complexity index is 729. The summed E-state index contributed by atoms with van der Waals surface area (Å²) >= 11 is 0. The lowest BCUT2D eigenvalue weighted by molar-refractivity contribution is -0.143. The zero-order valence-corrected chi connectivity index (χ0v) is 16.1. The number of carbonyl (C=O) groups is 3. The predicted octanol–water partition coefficient (Wildman–Crippen LogP) is 1.27. The van der Waals surface area contributed by atoms with Crippen LogP contribution in [0.1, 0.15) is 30.1 Å². The van der Waals surface area contributed by atoms with Crippen molar-refractivity contribution in [3.05, 3.63) is 23.8 Å². The zero-order chi connectivity index (χ0) is 19.9. The largest absolute Gasteiger partial charge is 0.482 e. The molecule has 0 aromatic heterocycles. The Balaban J connectivity index is 1.68. The van der Waals surface area contributed by atoms with Crippen LogP contribution in [0.25, 0.3) is 0 Å². The smallest absolute Gasteiger partial charge is 0.306 e. The molecule has 152 valence electrons. The van der Waals surface area contributed by atoms with Crippen LogP contribution in [-0.2, 0) is 19.1 Å². The van der Waals surface area contributed by atoms with Crippen LogP contribution in [0.2, 0.25) is 0 Å². The van der Waals surface area contributed by atoms with E-state index in [-0.39, 0.29) is 37.1 Å². The molecule has 0 radical (unpaired) electrons. The summed E-state index contributed by atoms with van der Waals surface area (Å²) in [5.41, 5.74) is 1.06. The summed E-state index contributed by atoms with van der Waals surface area (Å²) in [4.78, 5) is 40.3. The van der Waals surface area contributed by atoms with Gasteiger partial charge in [0.15, 0.2) is 12.4 Å². The van der Waals surface area contributed by atoms with E-state index in [0.29, 0.717) is 43.4 Å². The molecule has 1 fully saturated rings. The number of benzene rings is 1. The molecule has 0 atom stereocenters. The number of anilines is 1. The highest BCUT2D eigenvalue weighted by Gasteiger charge is 2.27. The monoisotopic (exact) mass is 390 g/mol. The van der Waals surface area contributed by atoms with E-state index >= 15 is 0 Å². The quantitative estimate of drug-likeness (QED) is 0.488. The van der Waals surface area contributed by atoms with E-state index in [1.807, 2.05) is 0 Å². The number of ether oxygens (including phenoxy) is 3. The molecule has 0 N–H and O–H groups in total. The third-order valence-corrected chi connectivity index (χ3v) is 4.83. The minimum atomic E-state index is -0.389. The molecule has 28 heavy (non-hydrogen) atoms. The summed E-state index contributed by atoms with van der Waals surface area (Å²) in [6.07, 6.45) is 0.111. The Labute approximate surface area is 164 Å². The summed E-state index contributed by atoms with van der Waals surface area (Å²) in [5.74, 6) is -0.0955. The van der Waals surface area contributed by atoms with E-state index in [1.54, 1.807) is 30.0 Å². The van der Waals surface area contributed by atoms with Gasteiger partial charge in [0.25, 0.3) is 5.91 Å². The first kappa shape index (κ1) is 20.3. The van der Waals surface area contributed by atoms with Crippen LogP contribution in [0.15, 0.2) is 18.2 Å². The van der Waals surface area contributed by atoms with E-state index in [4.69, 9.17) is 14.2 Å². The molecule has 1 aromatic carbocycles. The van der Waals surface area contributed by atoms with Crippen LogP contribution in [0.5, 0.6) is 5.75 Å². The van der Waals surface area contributed by atoms with Crippen LogP contribution in [0.3, 0.4) is 0 Å². The first-order valence-electron chi connectivity index (χ1n) is 9.64. The number of ketones is 1. The lowest BCUT2D eigenvalue weighted by Crippen LogP contribution is -2.46. The second kappa shape index (κ2) is 9.66. The lowest BCUT2D eigenvalue weighted by Gasteiger charge is -2.33. The van der Waals surface area contributed by atoms with Gasteiger partial charge >= 0.3 is 5.97 Å². The average molecular weight is 390 g/mol. The van der Waals surface area contributed by atoms with Crippen molar-refractivity contribution in [2.24, 2.45) is 0 Å². The Morgan fingerprint density at radius 3 is 2.68 bits per heavy atom. The lowest BCUT2D eigenvalue weighted by atomic mass is 10.0. The predicted molar refractivity (Wildman–Crippen MR) is 102 cm³/mol. The van der Waals surface area contributed by atoms with Crippen molar-refractivity contribution >= 4 is 23.3 Å². The summed E-state index contributed by atoms with van der Waals surface area (Å²) < 4.78 is 15.7. The van der Waals surface area contributed by atoms with Crippen LogP contribution in [0, 0.1) is 0 Å². The van der Waals surface area contributed by atoms with E-state index in [0.717, 1.165) is 19.6 Å². The van der Waals surface area contributed by atoms with Crippen molar-refractivity contribution in [1.29, 1.82) is 0 Å². The third-order valence-electron chi connectivity index (χ3n) is 4.83. The number of fused-ring (bicyclic) bond motifs is 1. The van der Waals surface area contributed by atoms with Gasteiger partial charge in [0.05, 0.1) is 31.9 Å². The van der Waals surface area contributed by atoms with Gasteiger partial charge in [-0.25, -0.2) is 0 Å². The molecule has 0 spiro atoms. The van der Waals surface area contributed by atoms with Gasteiger partial charge < -0.3 is 19.1 Å². The number of morpholine rings is 1. The average Bonchev–Trinajstić information content (AvgIpc) is 2.72. The van der Waals surface area contributed by atoms with Gasteiger partial charge in [-0.3, -0.25) is 19.3 Å². The Kier molecular flexibility index (Phi) is 7.00. The summed E-state index contributed by atoms with van der Waals surface area (Å²) in [6.45, 7) is 6.36. The van der Waals surface area contributed by atoms with Crippen LogP contribution >= 0.6 is 0 Å². The molecule has 2 aliphatic heterocycles. The van der Waals surface area contributed by atoms with Gasteiger partial charge in [-0.15, -0.1) is 0 Å². The molecule has 2 aliphatic rings. The van der Waals surface area contributed by atoms with Crippen molar-refractivity contribution in [2.75, 3.05) is 57.5 Å². The maximum absolute atomic E-state index is 12.5. The highest BCUT2D eigenvalue weighted by Crippen LogP contribution is 2.33. The molecule has 8 nitrogen and oxygen atoms in total. The molecule has 3 rings (SSSR count). The Hall–Kier alpha value is -2.45. The molecule has 8 heteroatoms. The number of rotatable bonds is 8. The van der Waals surface area contributed by atoms with E-state index in [9.17, 15) is 14.4 Å². The van der Waals surface area contributed by atoms with Crippen molar-refractivity contribution in [3.8, 4) is 5.75 Å². The highest BCUT2D eigenvalue weighted by atomic mass is 16.5.